The first-order valence-electron chi connectivity index (χ1n) is 6.81. The Bertz CT molecular complexity index is 505. The molecule has 21 heavy (non-hydrogen) atoms. The number of carbonyl (C=O) groups excluding carboxylic acids is 1. The molecule has 1 atom stereocenters. The second-order valence-corrected chi connectivity index (χ2v) is 4.74. The number of hydrogen-bond acceptors (Lipinski definition) is 5. The summed E-state index contributed by atoms with van der Waals surface area (Å²) in [6.07, 6.45) is 0.887. The number of ether oxygens (including phenoxy) is 1. The number of rotatable bonds is 8. The zero-order chi connectivity index (χ0) is 15.8. The van der Waals surface area contributed by atoms with Crippen molar-refractivity contribution in [2.75, 3.05) is 25.6 Å². The van der Waals surface area contributed by atoms with Crippen LogP contribution in [-0.4, -0.2) is 37.1 Å². The lowest BCUT2D eigenvalue weighted by Gasteiger charge is -2.15. The minimum atomic E-state index is -0.515. The number of nitro groups is 1. The van der Waals surface area contributed by atoms with Crippen molar-refractivity contribution in [1.82, 2.24) is 5.32 Å². The van der Waals surface area contributed by atoms with E-state index in [1.54, 1.807) is 20.1 Å². The Hall–Kier alpha value is -2.15. The van der Waals surface area contributed by atoms with Gasteiger partial charge in [0.25, 0.3) is 11.6 Å². The Balaban J connectivity index is 3.01. The number of methoxy groups -OCH3 is 1. The van der Waals surface area contributed by atoms with Gasteiger partial charge in [0.15, 0.2) is 0 Å². The molecule has 0 aliphatic heterocycles. The van der Waals surface area contributed by atoms with Gasteiger partial charge in [-0.2, -0.15) is 0 Å². The number of anilines is 1. The van der Waals surface area contributed by atoms with Crippen LogP contribution in [0, 0.1) is 10.1 Å². The Morgan fingerprint density at radius 2 is 2.19 bits per heavy atom. The number of amides is 1. The Kier molecular flexibility index (Phi) is 6.61. The smallest absolute Gasteiger partial charge is 0.270 e. The largest absolute Gasteiger partial charge is 0.384 e. The predicted molar refractivity (Wildman–Crippen MR) is 80.7 cm³/mol. The molecular formula is C14H21N3O4. The van der Waals surface area contributed by atoms with Crippen molar-refractivity contribution in [3.05, 3.63) is 33.9 Å². The number of nitrogens with one attached hydrogen (secondary N) is 2. The lowest BCUT2D eigenvalue weighted by molar-refractivity contribution is -0.384. The quantitative estimate of drug-likeness (QED) is 0.566. The zero-order valence-corrected chi connectivity index (χ0v) is 12.5. The summed E-state index contributed by atoms with van der Waals surface area (Å²) in [7, 11) is 1.55. The fourth-order valence-electron chi connectivity index (χ4n) is 1.84. The predicted octanol–water partition coefficient (Wildman–Crippen LogP) is 2.18. The first-order chi connectivity index (χ1) is 9.99. The van der Waals surface area contributed by atoms with E-state index in [1.165, 1.54) is 12.1 Å². The number of benzene rings is 1. The highest BCUT2D eigenvalue weighted by Crippen LogP contribution is 2.22. The average Bonchev–Trinajstić information content (AvgIpc) is 2.44. The van der Waals surface area contributed by atoms with Crippen LogP contribution in [0.3, 0.4) is 0 Å². The van der Waals surface area contributed by atoms with Gasteiger partial charge in [-0.1, -0.05) is 6.92 Å². The third-order valence-electron chi connectivity index (χ3n) is 2.82. The summed E-state index contributed by atoms with van der Waals surface area (Å²) in [5, 5.41) is 16.7. The van der Waals surface area contributed by atoms with E-state index in [2.05, 4.69) is 10.6 Å². The normalized spacial score (nSPS) is 11.8. The van der Waals surface area contributed by atoms with Crippen LogP contribution in [0.2, 0.25) is 0 Å². The molecule has 1 aromatic rings. The fourth-order valence-corrected chi connectivity index (χ4v) is 1.84. The molecule has 1 aromatic carbocycles. The molecule has 0 aliphatic rings. The van der Waals surface area contributed by atoms with Crippen LogP contribution in [0.15, 0.2) is 18.2 Å². The van der Waals surface area contributed by atoms with Crippen molar-refractivity contribution in [2.45, 2.75) is 26.3 Å². The second kappa shape index (κ2) is 8.21. The van der Waals surface area contributed by atoms with E-state index in [9.17, 15) is 14.9 Å². The van der Waals surface area contributed by atoms with E-state index < -0.39 is 4.92 Å². The SMILES string of the molecule is CCCNc1ccc([N+](=O)[O-])cc1C(=O)NC(C)COC. The van der Waals surface area contributed by atoms with Gasteiger partial charge in [0.1, 0.15) is 0 Å². The van der Waals surface area contributed by atoms with Crippen molar-refractivity contribution < 1.29 is 14.5 Å². The first kappa shape index (κ1) is 16.9. The molecule has 0 heterocycles. The lowest BCUT2D eigenvalue weighted by atomic mass is 10.1. The van der Waals surface area contributed by atoms with Gasteiger partial charge in [-0.05, 0) is 19.4 Å². The van der Waals surface area contributed by atoms with E-state index in [4.69, 9.17) is 4.74 Å². The third-order valence-corrected chi connectivity index (χ3v) is 2.82. The summed E-state index contributed by atoms with van der Waals surface area (Å²) in [4.78, 5) is 22.6. The average molecular weight is 295 g/mol. The van der Waals surface area contributed by atoms with Gasteiger partial charge in [0, 0.05) is 37.5 Å². The molecule has 0 bridgehead atoms. The Morgan fingerprint density at radius 3 is 2.76 bits per heavy atom. The molecule has 0 saturated heterocycles. The third kappa shape index (κ3) is 5.03. The van der Waals surface area contributed by atoms with E-state index in [-0.39, 0.29) is 23.2 Å². The van der Waals surface area contributed by atoms with Crippen LogP contribution in [0.4, 0.5) is 11.4 Å². The maximum Gasteiger partial charge on any atom is 0.270 e. The molecule has 0 aliphatic carbocycles. The molecule has 0 saturated carbocycles. The number of hydrogen-bond donors (Lipinski definition) is 2. The first-order valence-corrected chi connectivity index (χ1v) is 6.81. The molecule has 0 radical (unpaired) electrons. The van der Waals surface area contributed by atoms with Crippen molar-refractivity contribution >= 4 is 17.3 Å². The van der Waals surface area contributed by atoms with Gasteiger partial charge < -0.3 is 15.4 Å². The lowest BCUT2D eigenvalue weighted by Crippen LogP contribution is -2.36. The van der Waals surface area contributed by atoms with Crippen molar-refractivity contribution in [3.8, 4) is 0 Å². The van der Waals surface area contributed by atoms with Crippen molar-refractivity contribution in [2.24, 2.45) is 0 Å². The molecule has 7 nitrogen and oxygen atoms in total. The highest BCUT2D eigenvalue weighted by atomic mass is 16.6. The summed E-state index contributed by atoms with van der Waals surface area (Å²) >= 11 is 0. The minimum Gasteiger partial charge on any atom is -0.384 e. The Morgan fingerprint density at radius 1 is 1.48 bits per heavy atom. The maximum absolute atomic E-state index is 12.3. The molecule has 0 spiro atoms. The van der Waals surface area contributed by atoms with E-state index in [1.807, 2.05) is 6.92 Å². The van der Waals surface area contributed by atoms with Crippen LogP contribution in [0.5, 0.6) is 0 Å². The second-order valence-electron chi connectivity index (χ2n) is 4.74. The maximum atomic E-state index is 12.3. The van der Waals surface area contributed by atoms with Crippen molar-refractivity contribution in [3.63, 3.8) is 0 Å². The molecule has 1 unspecified atom stereocenters. The van der Waals surface area contributed by atoms with Crippen LogP contribution >= 0.6 is 0 Å². The van der Waals surface area contributed by atoms with Gasteiger partial charge >= 0.3 is 0 Å². The summed E-state index contributed by atoms with van der Waals surface area (Å²) in [5.41, 5.74) is 0.742. The summed E-state index contributed by atoms with van der Waals surface area (Å²) in [5.74, 6) is -0.359. The van der Waals surface area contributed by atoms with E-state index in [0.717, 1.165) is 6.42 Å². The minimum absolute atomic E-state index is 0.110. The topological polar surface area (TPSA) is 93.5 Å². The molecule has 2 N–H and O–H groups in total. The van der Waals surface area contributed by atoms with E-state index >= 15 is 0 Å². The zero-order valence-electron chi connectivity index (χ0n) is 12.5. The number of nitrogens with zero attached hydrogens (tertiary/aromatic N) is 1. The number of carbonyl (C=O) groups is 1. The molecular weight excluding hydrogens is 274 g/mol. The monoisotopic (exact) mass is 295 g/mol. The standard InChI is InChI=1S/C14H21N3O4/c1-4-7-15-13-6-5-11(17(19)20)8-12(13)14(18)16-10(2)9-21-3/h5-6,8,10,15H,4,7,9H2,1-3H3,(H,16,18). The van der Waals surface area contributed by atoms with E-state index in [0.29, 0.717) is 18.8 Å². The molecule has 116 valence electrons. The molecule has 0 fully saturated rings. The highest BCUT2D eigenvalue weighted by molar-refractivity contribution is 6.00. The van der Waals surface area contributed by atoms with Gasteiger partial charge in [0.2, 0.25) is 0 Å². The van der Waals surface area contributed by atoms with Crippen LogP contribution in [0.25, 0.3) is 0 Å². The number of nitro benzene ring substituents is 1. The summed E-state index contributed by atoms with van der Waals surface area (Å²) in [6.45, 7) is 4.86. The molecule has 0 aromatic heterocycles. The van der Waals surface area contributed by atoms with Gasteiger partial charge in [0.05, 0.1) is 17.1 Å². The Labute approximate surface area is 123 Å². The summed E-state index contributed by atoms with van der Waals surface area (Å²) < 4.78 is 4.96. The highest BCUT2D eigenvalue weighted by Gasteiger charge is 2.18. The summed E-state index contributed by atoms with van der Waals surface area (Å²) in [6, 6.07) is 4.05. The van der Waals surface area contributed by atoms with Crippen LogP contribution < -0.4 is 10.6 Å². The van der Waals surface area contributed by atoms with Crippen LogP contribution in [0.1, 0.15) is 30.6 Å². The molecule has 1 rings (SSSR count). The van der Waals surface area contributed by atoms with Crippen LogP contribution in [-0.2, 0) is 4.74 Å². The van der Waals surface area contributed by atoms with Crippen molar-refractivity contribution in [1.29, 1.82) is 0 Å². The van der Waals surface area contributed by atoms with Gasteiger partial charge in [-0.15, -0.1) is 0 Å². The fraction of sp³-hybridized carbons (Fsp3) is 0.500. The van der Waals surface area contributed by atoms with Gasteiger partial charge in [-0.25, -0.2) is 0 Å². The molecule has 7 heteroatoms. The molecule has 1 amide bonds. The number of non-ortho nitro benzene ring substituents is 1. The van der Waals surface area contributed by atoms with Gasteiger partial charge in [-0.3, -0.25) is 14.9 Å².